The number of fused-ring (bicyclic) bond motifs is 3. The van der Waals surface area contributed by atoms with Crippen LogP contribution < -0.4 is 14.2 Å². The third kappa shape index (κ3) is 11.2. The lowest BCUT2D eigenvalue weighted by molar-refractivity contribution is 0.281. The summed E-state index contributed by atoms with van der Waals surface area (Å²) in [4.78, 5) is 14.1. The molecule has 6 heterocycles. The number of imidazole rings is 3. The van der Waals surface area contributed by atoms with Crippen molar-refractivity contribution < 1.29 is 29.5 Å². The Bertz CT molecular complexity index is 3850. The fraction of sp³-hybridized carbons (Fsp3) is 0.0952. The van der Waals surface area contributed by atoms with Crippen molar-refractivity contribution in [3.63, 3.8) is 0 Å². The molecule has 12 heteroatoms. The quantitative estimate of drug-likeness (QED) is 0.109. The van der Waals surface area contributed by atoms with E-state index in [1.807, 2.05) is 208 Å². The smallest absolute Gasteiger partial charge is 0.137 e. The summed E-state index contributed by atoms with van der Waals surface area (Å²) in [5, 5.41) is 28.0. The zero-order valence-corrected chi connectivity index (χ0v) is 41.7. The van der Waals surface area contributed by atoms with Crippen molar-refractivity contribution in [3.8, 4) is 84.4 Å². The molecule has 12 nitrogen and oxygen atoms in total. The van der Waals surface area contributed by atoms with Gasteiger partial charge in [-0.05, 0) is 153 Å². The minimum Gasteiger partial charge on any atom is -0.497 e. The molecule has 12 rings (SSSR count). The Kier molecular flexibility index (Phi) is 14.9. The minimum atomic E-state index is 0.0408. The number of aliphatic hydroxyl groups is 3. The summed E-state index contributed by atoms with van der Waals surface area (Å²) in [6.07, 6.45) is 12.2. The highest BCUT2D eigenvalue weighted by molar-refractivity contribution is 5.73. The Labute approximate surface area is 434 Å². The molecule has 0 unspecified atom stereocenters. The van der Waals surface area contributed by atoms with E-state index < -0.39 is 0 Å². The van der Waals surface area contributed by atoms with Crippen LogP contribution >= 0.6 is 0 Å². The van der Waals surface area contributed by atoms with Gasteiger partial charge in [-0.15, -0.1) is 0 Å². The Balaban J connectivity index is 0.000000128. The molecule has 75 heavy (non-hydrogen) atoms. The zero-order chi connectivity index (χ0) is 51.7. The van der Waals surface area contributed by atoms with Crippen molar-refractivity contribution in [1.29, 1.82) is 0 Å². The standard InChI is InChI=1S/3C21H18N2O2/c1-25-19-7-3-6-17(11-19)20-13-23-12-18(8-9-21(23)22-20)16-5-2-4-15(10-16)14-24;1-25-20-8-3-2-7-18(20)19-13-23-12-17(9-10-21(23)22-19)16-6-4-5-15(11-16)14-24;1-25-19-8-5-16(6-9-19)20-13-23-12-18(7-10-21(23)22-20)17-4-2-3-15(11-17)14-24/h3*2-13,24H,14H2,1H3. The van der Waals surface area contributed by atoms with Gasteiger partial charge in [-0.3, -0.25) is 0 Å². The zero-order valence-electron chi connectivity index (χ0n) is 41.7. The number of para-hydroxylation sites is 1. The lowest BCUT2D eigenvalue weighted by Crippen LogP contribution is -1.87. The molecule has 0 aliphatic heterocycles. The number of nitrogens with zero attached hydrogens (tertiary/aromatic N) is 6. The number of benzene rings is 6. The van der Waals surface area contributed by atoms with Crippen LogP contribution in [0.25, 0.3) is 84.1 Å². The van der Waals surface area contributed by atoms with E-state index in [9.17, 15) is 15.3 Å². The molecule has 0 saturated carbocycles. The predicted octanol–water partition coefficient (Wildman–Crippen LogP) is 12.5. The van der Waals surface area contributed by atoms with Gasteiger partial charge in [-0.1, -0.05) is 78.9 Å². The molecule has 0 fully saturated rings. The van der Waals surface area contributed by atoms with Crippen LogP contribution in [0.5, 0.6) is 17.2 Å². The molecule has 0 saturated heterocycles. The van der Waals surface area contributed by atoms with E-state index in [0.29, 0.717) is 0 Å². The van der Waals surface area contributed by atoms with Crippen molar-refractivity contribution in [2.75, 3.05) is 21.3 Å². The van der Waals surface area contributed by atoms with Crippen molar-refractivity contribution in [3.05, 3.63) is 236 Å². The second-order valence-corrected chi connectivity index (χ2v) is 17.7. The van der Waals surface area contributed by atoms with Crippen LogP contribution in [0.3, 0.4) is 0 Å². The van der Waals surface area contributed by atoms with Gasteiger partial charge in [-0.2, -0.15) is 0 Å². The first-order chi connectivity index (χ1) is 36.8. The first-order valence-electron chi connectivity index (χ1n) is 24.3. The first kappa shape index (κ1) is 49.3. The Morgan fingerprint density at radius 1 is 0.333 bits per heavy atom. The molecule has 372 valence electrons. The van der Waals surface area contributed by atoms with E-state index in [2.05, 4.69) is 29.6 Å². The van der Waals surface area contributed by atoms with E-state index >= 15 is 0 Å². The van der Waals surface area contributed by atoms with E-state index in [0.717, 1.165) is 118 Å². The lowest BCUT2D eigenvalue weighted by Gasteiger charge is -2.04. The van der Waals surface area contributed by atoms with Crippen molar-refractivity contribution >= 4 is 16.9 Å². The number of rotatable bonds is 12. The van der Waals surface area contributed by atoms with Gasteiger partial charge >= 0.3 is 0 Å². The van der Waals surface area contributed by atoms with Crippen molar-refractivity contribution in [2.24, 2.45) is 0 Å². The molecular formula is C63H54N6O6. The normalized spacial score (nSPS) is 11.0. The molecule has 6 aromatic carbocycles. The maximum absolute atomic E-state index is 9.33. The van der Waals surface area contributed by atoms with Crippen LogP contribution in [0.15, 0.2) is 219 Å². The number of pyridine rings is 3. The fourth-order valence-electron chi connectivity index (χ4n) is 8.84. The monoisotopic (exact) mass is 990 g/mol. The highest BCUT2D eigenvalue weighted by Crippen LogP contribution is 2.31. The summed E-state index contributed by atoms with van der Waals surface area (Å²) in [5.74, 6) is 2.46. The van der Waals surface area contributed by atoms with Gasteiger partial charge in [0.25, 0.3) is 0 Å². The number of methoxy groups -OCH3 is 3. The largest absolute Gasteiger partial charge is 0.497 e. The van der Waals surface area contributed by atoms with Gasteiger partial charge in [0.05, 0.1) is 58.2 Å². The van der Waals surface area contributed by atoms with E-state index in [-0.39, 0.29) is 19.8 Å². The summed E-state index contributed by atoms with van der Waals surface area (Å²) in [5.41, 5.74) is 17.6. The summed E-state index contributed by atoms with van der Waals surface area (Å²) in [6.45, 7) is 0.128. The van der Waals surface area contributed by atoms with Gasteiger partial charge in [0.2, 0.25) is 0 Å². The highest BCUT2D eigenvalue weighted by atomic mass is 16.5. The average Bonchev–Trinajstić information content (AvgIpc) is 4.25. The molecule has 0 amide bonds. The van der Waals surface area contributed by atoms with Crippen molar-refractivity contribution in [2.45, 2.75) is 19.8 Å². The summed E-state index contributed by atoms with van der Waals surface area (Å²) in [7, 11) is 4.99. The Hall–Kier alpha value is -9.33. The van der Waals surface area contributed by atoms with Crippen LogP contribution in [0.4, 0.5) is 0 Å². The predicted molar refractivity (Wildman–Crippen MR) is 296 cm³/mol. The Morgan fingerprint density at radius 2 is 0.747 bits per heavy atom. The lowest BCUT2D eigenvalue weighted by atomic mass is 10.1. The van der Waals surface area contributed by atoms with Crippen LogP contribution in [0.1, 0.15) is 16.7 Å². The highest BCUT2D eigenvalue weighted by Gasteiger charge is 2.12. The first-order valence-corrected chi connectivity index (χ1v) is 24.3. The van der Waals surface area contributed by atoms with Gasteiger partial charge in [0, 0.05) is 53.9 Å². The van der Waals surface area contributed by atoms with Gasteiger partial charge in [-0.25, -0.2) is 15.0 Å². The third-order valence-corrected chi connectivity index (χ3v) is 12.8. The number of aromatic nitrogens is 6. The van der Waals surface area contributed by atoms with E-state index in [1.165, 1.54) is 0 Å². The number of hydrogen-bond acceptors (Lipinski definition) is 9. The minimum absolute atomic E-state index is 0.0408. The molecular weight excluding hydrogens is 937 g/mol. The van der Waals surface area contributed by atoms with Gasteiger partial charge in [0.15, 0.2) is 0 Å². The average molecular weight is 991 g/mol. The van der Waals surface area contributed by atoms with Crippen LogP contribution in [0, 0.1) is 0 Å². The van der Waals surface area contributed by atoms with Gasteiger partial charge < -0.3 is 42.7 Å². The molecule has 3 N–H and O–H groups in total. The molecule has 0 spiro atoms. The maximum atomic E-state index is 9.33. The van der Waals surface area contributed by atoms with Crippen LogP contribution in [-0.2, 0) is 19.8 Å². The SMILES string of the molecule is COc1ccc(-c2cn3cc(-c4cccc(CO)c4)ccc3n2)cc1.COc1cccc(-c2cn3cc(-c4cccc(CO)c4)ccc3n2)c1.COc1ccccc1-c1cn2cc(-c3cccc(CO)c3)ccc2n1. The maximum Gasteiger partial charge on any atom is 0.137 e. The van der Waals surface area contributed by atoms with Gasteiger partial charge in [0.1, 0.15) is 34.2 Å². The molecule has 0 bridgehead atoms. The second-order valence-electron chi connectivity index (χ2n) is 17.7. The summed E-state index contributed by atoms with van der Waals surface area (Å²) < 4.78 is 22.0. The number of aliphatic hydroxyl groups excluding tert-OH is 3. The molecule has 12 aromatic rings. The molecule has 6 aromatic heterocycles. The van der Waals surface area contributed by atoms with Crippen LogP contribution in [-0.4, -0.2) is 64.8 Å². The summed E-state index contributed by atoms with van der Waals surface area (Å²) >= 11 is 0. The van der Waals surface area contributed by atoms with E-state index in [4.69, 9.17) is 24.2 Å². The summed E-state index contributed by atoms with van der Waals surface area (Å²) in [6, 6.07) is 59.6. The number of hydrogen-bond donors (Lipinski definition) is 3. The molecule has 0 aliphatic carbocycles. The fourth-order valence-corrected chi connectivity index (χ4v) is 8.84. The topological polar surface area (TPSA) is 140 Å². The Morgan fingerprint density at radius 3 is 1.21 bits per heavy atom. The molecule has 0 radical (unpaired) electrons. The van der Waals surface area contributed by atoms with E-state index in [1.54, 1.807) is 21.3 Å². The molecule has 0 aliphatic rings. The third-order valence-electron chi connectivity index (χ3n) is 12.8. The molecule has 0 atom stereocenters. The second kappa shape index (κ2) is 22.6. The number of ether oxygens (including phenoxy) is 3. The van der Waals surface area contributed by atoms with Crippen molar-refractivity contribution in [1.82, 2.24) is 28.2 Å². The van der Waals surface area contributed by atoms with Crippen LogP contribution in [0.2, 0.25) is 0 Å².